The van der Waals surface area contributed by atoms with E-state index in [0.29, 0.717) is 0 Å². The van der Waals surface area contributed by atoms with Gasteiger partial charge in [-0.3, -0.25) is 4.98 Å². The summed E-state index contributed by atoms with van der Waals surface area (Å²) in [5.74, 6) is 0.813. The van der Waals surface area contributed by atoms with E-state index in [1.807, 2.05) is 6.20 Å². The molecule has 2 aliphatic rings. The van der Waals surface area contributed by atoms with Crippen LogP contribution >= 0.6 is 0 Å². The van der Waals surface area contributed by atoms with Crippen molar-refractivity contribution in [2.45, 2.75) is 37.3 Å². The summed E-state index contributed by atoms with van der Waals surface area (Å²) in [4.78, 5) is 4.26. The standard InChI is InChI=1S/C14H20N2O2/c1-17-12-8-11(9-15-10-12)13-14(4-2-3-5-14)18-7-6-16-13/h8-10,13,16H,2-7H2,1H3. The smallest absolute Gasteiger partial charge is 0.137 e. The van der Waals surface area contributed by atoms with Gasteiger partial charge in [0.2, 0.25) is 0 Å². The third-order valence-corrected chi connectivity index (χ3v) is 4.12. The number of methoxy groups -OCH3 is 1. The zero-order chi connectivity index (χ0) is 12.4. The third kappa shape index (κ3) is 1.99. The van der Waals surface area contributed by atoms with Crippen LogP contribution in [0.15, 0.2) is 18.5 Å². The topological polar surface area (TPSA) is 43.4 Å². The van der Waals surface area contributed by atoms with Crippen LogP contribution in [-0.2, 0) is 4.74 Å². The Morgan fingerprint density at radius 1 is 1.39 bits per heavy atom. The van der Waals surface area contributed by atoms with Crippen molar-refractivity contribution < 1.29 is 9.47 Å². The highest BCUT2D eigenvalue weighted by atomic mass is 16.5. The second-order valence-corrected chi connectivity index (χ2v) is 5.17. The first-order chi connectivity index (χ1) is 8.84. The van der Waals surface area contributed by atoms with Crippen molar-refractivity contribution in [1.82, 2.24) is 10.3 Å². The number of nitrogens with one attached hydrogen (secondary N) is 1. The molecule has 98 valence electrons. The van der Waals surface area contributed by atoms with Gasteiger partial charge in [0.05, 0.1) is 31.6 Å². The number of nitrogens with zero attached hydrogens (tertiary/aromatic N) is 1. The lowest BCUT2D eigenvalue weighted by molar-refractivity contribution is -0.0936. The average Bonchev–Trinajstić information content (AvgIpc) is 2.88. The SMILES string of the molecule is COc1cncc(C2NCCOC23CCCC3)c1. The maximum Gasteiger partial charge on any atom is 0.137 e. The van der Waals surface area contributed by atoms with Gasteiger partial charge >= 0.3 is 0 Å². The highest BCUT2D eigenvalue weighted by Gasteiger charge is 2.45. The van der Waals surface area contributed by atoms with Gasteiger partial charge < -0.3 is 14.8 Å². The Balaban J connectivity index is 1.92. The van der Waals surface area contributed by atoms with Crippen molar-refractivity contribution in [3.8, 4) is 5.75 Å². The Labute approximate surface area is 108 Å². The van der Waals surface area contributed by atoms with Gasteiger partial charge in [0, 0.05) is 12.7 Å². The maximum absolute atomic E-state index is 6.14. The molecule has 2 heterocycles. The van der Waals surface area contributed by atoms with Gasteiger partial charge in [-0.1, -0.05) is 12.8 Å². The summed E-state index contributed by atoms with van der Waals surface area (Å²) in [5.41, 5.74) is 1.16. The molecule has 18 heavy (non-hydrogen) atoms. The minimum Gasteiger partial charge on any atom is -0.495 e. The van der Waals surface area contributed by atoms with Crippen LogP contribution in [0.25, 0.3) is 0 Å². The average molecular weight is 248 g/mol. The molecule has 0 radical (unpaired) electrons. The molecule has 1 aromatic rings. The van der Waals surface area contributed by atoms with E-state index in [2.05, 4.69) is 16.4 Å². The summed E-state index contributed by atoms with van der Waals surface area (Å²) in [6.45, 7) is 1.72. The summed E-state index contributed by atoms with van der Waals surface area (Å²) in [5, 5.41) is 3.60. The molecule has 2 fully saturated rings. The molecule has 0 aromatic carbocycles. The van der Waals surface area contributed by atoms with Crippen molar-refractivity contribution >= 4 is 0 Å². The van der Waals surface area contributed by atoms with E-state index in [1.54, 1.807) is 13.3 Å². The van der Waals surface area contributed by atoms with Crippen LogP contribution in [0.2, 0.25) is 0 Å². The molecule has 3 rings (SSSR count). The lowest BCUT2D eigenvalue weighted by Gasteiger charge is -2.42. The summed E-state index contributed by atoms with van der Waals surface area (Å²) < 4.78 is 11.4. The normalized spacial score (nSPS) is 26.4. The highest BCUT2D eigenvalue weighted by Crippen LogP contribution is 2.44. The van der Waals surface area contributed by atoms with Crippen LogP contribution in [-0.4, -0.2) is 30.8 Å². The van der Waals surface area contributed by atoms with Crippen molar-refractivity contribution in [3.63, 3.8) is 0 Å². The molecule has 1 saturated carbocycles. The molecule has 1 saturated heterocycles. The van der Waals surface area contributed by atoms with Crippen molar-refractivity contribution in [2.24, 2.45) is 0 Å². The van der Waals surface area contributed by atoms with Gasteiger partial charge in [-0.15, -0.1) is 0 Å². The van der Waals surface area contributed by atoms with E-state index in [1.165, 1.54) is 18.4 Å². The molecule has 4 heteroatoms. The van der Waals surface area contributed by atoms with Gasteiger partial charge in [-0.2, -0.15) is 0 Å². The molecule has 0 amide bonds. The van der Waals surface area contributed by atoms with E-state index in [-0.39, 0.29) is 11.6 Å². The zero-order valence-corrected chi connectivity index (χ0v) is 10.8. The largest absolute Gasteiger partial charge is 0.495 e. The fourth-order valence-electron chi connectivity index (χ4n) is 3.26. The first-order valence-corrected chi connectivity index (χ1v) is 6.70. The predicted molar refractivity (Wildman–Crippen MR) is 68.7 cm³/mol. The molecule has 1 aliphatic carbocycles. The van der Waals surface area contributed by atoms with Crippen LogP contribution in [0.5, 0.6) is 5.75 Å². The Morgan fingerprint density at radius 2 is 2.22 bits per heavy atom. The minimum atomic E-state index is -0.0215. The van der Waals surface area contributed by atoms with Gasteiger partial charge in [0.1, 0.15) is 5.75 Å². The van der Waals surface area contributed by atoms with Gasteiger partial charge in [-0.05, 0) is 24.5 Å². The molecule has 1 aromatic heterocycles. The van der Waals surface area contributed by atoms with Crippen molar-refractivity contribution in [1.29, 1.82) is 0 Å². The van der Waals surface area contributed by atoms with Crippen LogP contribution < -0.4 is 10.1 Å². The van der Waals surface area contributed by atoms with E-state index in [0.717, 1.165) is 31.7 Å². The number of aromatic nitrogens is 1. The van der Waals surface area contributed by atoms with Gasteiger partial charge in [-0.25, -0.2) is 0 Å². The number of hydrogen-bond donors (Lipinski definition) is 1. The molecule has 4 nitrogen and oxygen atoms in total. The van der Waals surface area contributed by atoms with Gasteiger partial charge in [0.15, 0.2) is 0 Å². The Kier molecular flexibility index (Phi) is 3.22. The minimum absolute atomic E-state index is 0.0215. The second kappa shape index (κ2) is 4.86. The first kappa shape index (κ1) is 11.9. The first-order valence-electron chi connectivity index (χ1n) is 6.70. The molecule has 0 bridgehead atoms. The third-order valence-electron chi connectivity index (χ3n) is 4.12. The zero-order valence-electron chi connectivity index (χ0n) is 10.8. The quantitative estimate of drug-likeness (QED) is 0.870. The van der Waals surface area contributed by atoms with Crippen molar-refractivity contribution in [3.05, 3.63) is 24.0 Å². The van der Waals surface area contributed by atoms with Crippen LogP contribution in [0.4, 0.5) is 0 Å². The number of morpholine rings is 1. The Bertz CT molecular complexity index is 416. The predicted octanol–water partition coefficient (Wildman–Crippen LogP) is 2.06. The van der Waals surface area contributed by atoms with E-state index in [9.17, 15) is 0 Å². The molecule has 1 atom stereocenters. The molecule has 1 N–H and O–H groups in total. The van der Waals surface area contributed by atoms with E-state index >= 15 is 0 Å². The van der Waals surface area contributed by atoms with E-state index in [4.69, 9.17) is 9.47 Å². The fraction of sp³-hybridized carbons (Fsp3) is 0.643. The summed E-state index contributed by atoms with van der Waals surface area (Å²) in [7, 11) is 1.68. The summed E-state index contributed by atoms with van der Waals surface area (Å²) in [6.07, 6.45) is 8.47. The number of pyridine rings is 1. The van der Waals surface area contributed by atoms with Crippen LogP contribution in [0, 0.1) is 0 Å². The molecular formula is C14H20N2O2. The fourth-order valence-corrected chi connectivity index (χ4v) is 3.26. The van der Waals surface area contributed by atoms with Crippen LogP contribution in [0.1, 0.15) is 37.3 Å². The molecule has 1 unspecified atom stereocenters. The Morgan fingerprint density at radius 3 is 3.00 bits per heavy atom. The Hall–Kier alpha value is -1.13. The summed E-state index contributed by atoms with van der Waals surface area (Å²) >= 11 is 0. The highest BCUT2D eigenvalue weighted by molar-refractivity contribution is 5.28. The molecule has 1 spiro atoms. The maximum atomic E-state index is 6.14. The monoisotopic (exact) mass is 248 g/mol. The van der Waals surface area contributed by atoms with E-state index < -0.39 is 0 Å². The lowest BCUT2D eigenvalue weighted by Crippen LogP contribution is -2.50. The molecular weight excluding hydrogens is 228 g/mol. The number of ether oxygens (including phenoxy) is 2. The summed E-state index contributed by atoms with van der Waals surface area (Å²) in [6, 6.07) is 2.32. The van der Waals surface area contributed by atoms with Crippen molar-refractivity contribution in [2.75, 3.05) is 20.3 Å². The molecule has 1 aliphatic heterocycles. The number of hydrogen-bond acceptors (Lipinski definition) is 4. The number of rotatable bonds is 2. The lowest BCUT2D eigenvalue weighted by atomic mass is 9.86. The second-order valence-electron chi connectivity index (χ2n) is 5.17. The van der Waals surface area contributed by atoms with Crippen LogP contribution in [0.3, 0.4) is 0 Å². The van der Waals surface area contributed by atoms with Gasteiger partial charge in [0.25, 0.3) is 0 Å².